The van der Waals surface area contributed by atoms with Crippen molar-refractivity contribution in [2.24, 2.45) is 11.7 Å². The van der Waals surface area contributed by atoms with Gasteiger partial charge in [0, 0.05) is 0 Å². The number of halogens is 1. The number of benzene rings is 1. The summed E-state index contributed by atoms with van der Waals surface area (Å²) in [6.45, 7) is 4.05. The minimum absolute atomic E-state index is 0.171. The van der Waals surface area contributed by atoms with Gasteiger partial charge in [-0.2, -0.15) is 0 Å². The summed E-state index contributed by atoms with van der Waals surface area (Å²) in [4.78, 5) is 0. The first kappa shape index (κ1) is 14.7. The Bertz CT molecular complexity index is 475. The van der Waals surface area contributed by atoms with E-state index in [2.05, 4.69) is 11.8 Å². The molecule has 18 heavy (non-hydrogen) atoms. The average Bonchev–Trinajstić information content (AvgIpc) is 2.35. The second-order valence-corrected chi connectivity index (χ2v) is 4.58. The summed E-state index contributed by atoms with van der Waals surface area (Å²) in [5, 5.41) is 0.421. The Hall–Kier alpha value is -1.37. The van der Waals surface area contributed by atoms with Gasteiger partial charge >= 0.3 is 0 Å². The molecule has 0 aliphatic rings. The van der Waals surface area contributed by atoms with Crippen LogP contribution in [0.1, 0.15) is 19.4 Å². The maximum absolute atomic E-state index is 6.14. The molecular formula is C14H18ClNO2. The van der Waals surface area contributed by atoms with E-state index in [1.807, 2.05) is 19.9 Å². The van der Waals surface area contributed by atoms with Gasteiger partial charge in [0.1, 0.15) is 10.8 Å². The van der Waals surface area contributed by atoms with Gasteiger partial charge in [0.25, 0.3) is 0 Å². The first-order valence-corrected chi connectivity index (χ1v) is 6.06. The maximum Gasteiger partial charge on any atom is 0.156 e. The summed E-state index contributed by atoms with van der Waals surface area (Å²) in [6.07, 6.45) is 0. The van der Waals surface area contributed by atoms with E-state index in [0.717, 1.165) is 0 Å². The topological polar surface area (TPSA) is 44.5 Å². The van der Waals surface area contributed by atoms with Gasteiger partial charge in [-0.3, -0.25) is 0 Å². The molecule has 1 atom stereocenters. The summed E-state index contributed by atoms with van der Waals surface area (Å²) in [7, 11) is 3.11. The summed E-state index contributed by atoms with van der Waals surface area (Å²) in [6, 6.07) is 3.40. The number of nitrogens with two attached hydrogens (primary N) is 1. The van der Waals surface area contributed by atoms with Gasteiger partial charge in [-0.1, -0.05) is 37.3 Å². The fraction of sp³-hybridized carbons (Fsp3) is 0.429. The summed E-state index contributed by atoms with van der Waals surface area (Å²) in [5.74, 6) is 7.36. The minimum atomic E-state index is -0.171. The quantitative estimate of drug-likeness (QED) is 0.857. The SMILES string of the molecule is COc1ccc(C#CC(N)C(C)C)c(OC)c1Cl. The van der Waals surface area contributed by atoms with Crippen molar-refractivity contribution in [3.8, 4) is 23.3 Å². The Kier molecular flexibility index (Phi) is 5.33. The second kappa shape index (κ2) is 6.53. The minimum Gasteiger partial charge on any atom is -0.495 e. The first-order chi connectivity index (χ1) is 8.51. The molecule has 3 nitrogen and oxygen atoms in total. The molecule has 0 bridgehead atoms. The average molecular weight is 268 g/mol. The zero-order chi connectivity index (χ0) is 13.7. The van der Waals surface area contributed by atoms with E-state index in [0.29, 0.717) is 28.0 Å². The van der Waals surface area contributed by atoms with Crippen LogP contribution >= 0.6 is 11.6 Å². The highest BCUT2D eigenvalue weighted by Gasteiger charge is 2.12. The van der Waals surface area contributed by atoms with E-state index in [9.17, 15) is 0 Å². The number of hydrogen-bond acceptors (Lipinski definition) is 3. The van der Waals surface area contributed by atoms with Gasteiger partial charge in [0.15, 0.2) is 5.75 Å². The molecule has 0 saturated carbocycles. The normalized spacial score (nSPS) is 11.7. The van der Waals surface area contributed by atoms with Crippen molar-refractivity contribution in [3.63, 3.8) is 0 Å². The molecule has 0 amide bonds. The smallest absolute Gasteiger partial charge is 0.156 e. The lowest BCUT2D eigenvalue weighted by Gasteiger charge is -2.10. The number of ether oxygens (including phenoxy) is 2. The monoisotopic (exact) mass is 267 g/mol. The third kappa shape index (κ3) is 3.32. The largest absolute Gasteiger partial charge is 0.495 e. The van der Waals surface area contributed by atoms with Crippen molar-refractivity contribution in [1.29, 1.82) is 0 Å². The molecule has 4 heteroatoms. The fourth-order valence-corrected chi connectivity index (χ4v) is 1.64. The van der Waals surface area contributed by atoms with E-state index in [1.165, 1.54) is 0 Å². The highest BCUT2D eigenvalue weighted by molar-refractivity contribution is 6.33. The molecule has 0 aliphatic carbocycles. The van der Waals surface area contributed by atoms with Gasteiger partial charge < -0.3 is 15.2 Å². The second-order valence-electron chi connectivity index (χ2n) is 4.20. The van der Waals surface area contributed by atoms with Gasteiger partial charge in [-0.15, -0.1) is 0 Å². The van der Waals surface area contributed by atoms with Crippen LogP contribution in [-0.2, 0) is 0 Å². The summed E-state index contributed by atoms with van der Waals surface area (Å²) < 4.78 is 10.4. The lowest BCUT2D eigenvalue weighted by Crippen LogP contribution is -2.23. The first-order valence-electron chi connectivity index (χ1n) is 5.68. The van der Waals surface area contributed by atoms with Crippen molar-refractivity contribution >= 4 is 11.6 Å². The molecule has 2 N–H and O–H groups in total. The van der Waals surface area contributed by atoms with Gasteiger partial charge in [0.2, 0.25) is 0 Å². The van der Waals surface area contributed by atoms with E-state index in [-0.39, 0.29) is 6.04 Å². The summed E-state index contributed by atoms with van der Waals surface area (Å²) in [5.41, 5.74) is 6.59. The molecule has 0 aliphatic heterocycles. The van der Waals surface area contributed by atoms with Gasteiger partial charge in [-0.25, -0.2) is 0 Å². The Balaban J connectivity index is 3.14. The van der Waals surface area contributed by atoms with E-state index in [4.69, 9.17) is 26.8 Å². The lowest BCUT2D eigenvalue weighted by molar-refractivity contribution is 0.394. The third-order valence-electron chi connectivity index (χ3n) is 2.58. The van der Waals surface area contributed by atoms with E-state index < -0.39 is 0 Å². The third-order valence-corrected chi connectivity index (χ3v) is 2.94. The van der Waals surface area contributed by atoms with Crippen molar-refractivity contribution in [3.05, 3.63) is 22.7 Å². The highest BCUT2D eigenvalue weighted by Crippen LogP contribution is 2.36. The van der Waals surface area contributed by atoms with Crippen LogP contribution in [-0.4, -0.2) is 20.3 Å². The lowest BCUT2D eigenvalue weighted by atomic mass is 10.1. The summed E-state index contributed by atoms with van der Waals surface area (Å²) >= 11 is 6.14. The molecule has 1 unspecified atom stereocenters. The molecule has 1 rings (SSSR count). The van der Waals surface area contributed by atoms with Gasteiger partial charge in [-0.05, 0) is 18.1 Å². The Morgan fingerprint density at radius 1 is 1.22 bits per heavy atom. The van der Waals surface area contributed by atoms with Crippen molar-refractivity contribution < 1.29 is 9.47 Å². The van der Waals surface area contributed by atoms with E-state index >= 15 is 0 Å². The molecule has 0 saturated heterocycles. The Labute approximate surface area is 113 Å². The Morgan fingerprint density at radius 3 is 2.39 bits per heavy atom. The molecule has 98 valence electrons. The molecule has 1 aromatic carbocycles. The number of methoxy groups -OCH3 is 2. The number of rotatable bonds is 3. The van der Waals surface area contributed by atoms with Crippen LogP contribution in [0.2, 0.25) is 5.02 Å². The van der Waals surface area contributed by atoms with Crippen LogP contribution in [0.4, 0.5) is 0 Å². The predicted molar refractivity (Wildman–Crippen MR) is 74.2 cm³/mol. The zero-order valence-electron chi connectivity index (χ0n) is 11.1. The van der Waals surface area contributed by atoms with E-state index in [1.54, 1.807) is 20.3 Å². The zero-order valence-corrected chi connectivity index (χ0v) is 11.8. The molecule has 0 spiro atoms. The van der Waals surface area contributed by atoms with Gasteiger partial charge in [0.05, 0.1) is 25.8 Å². The fourth-order valence-electron chi connectivity index (χ4n) is 1.32. The maximum atomic E-state index is 6.14. The Morgan fingerprint density at radius 2 is 1.89 bits per heavy atom. The van der Waals surface area contributed by atoms with Crippen LogP contribution in [0.3, 0.4) is 0 Å². The standard InChI is InChI=1S/C14H18ClNO2/c1-9(2)11(16)7-5-10-6-8-12(17-3)13(15)14(10)18-4/h6,8-9,11H,16H2,1-4H3. The molecule has 0 heterocycles. The number of hydrogen-bond donors (Lipinski definition) is 1. The molecule has 0 fully saturated rings. The van der Waals surface area contributed by atoms with Crippen molar-refractivity contribution in [2.45, 2.75) is 19.9 Å². The molecule has 0 radical (unpaired) electrons. The molecule has 1 aromatic rings. The van der Waals surface area contributed by atoms with Crippen molar-refractivity contribution in [2.75, 3.05) is 14.2 Å². The van der Waals surface area contributed by atoms with Crippen LogP contribution in [0, 0.1) is 17.8 Å². The van der Waals surface area contributed by atoms with Crippen LogP contribution in [0.15, 0.2) is 12.1 Å². The molecule has 0 aromatic heterocycles. The van der Waals surface area contributed by atoms with Crippen molar-refractivity contribution in [1.82, 2.24) is 0 Å². The highest BCUT2D eigenvalue weighted by atomic mass is 35.5. The molecular weight excluding hydrogens is 250 g/mol. The van der Waals surface area contributed by atoms with Crippen LogP contribution < -0.4 is 15.2 Å². The van der Waals surface area contributed by atoms with Crippen LogP contribution in [0.25, 0.3) is 0 Å². The van der Waals surface area contributed by atoms with Crippen LogP contribution in [0.5, 0.6) is 11.5 Å². The predicted octanol–water partition coefficient (Wildman–Crippen LogP) is 2.69.